The van der Waals surface area contributed by atoms with Crippen LogP contribution in [0.4, 0.5) is 0 Å². The zero-order valence-electron chi connectivity index (χ0n) is 18.5. The monoisotopic (exact) mass is 426 g/mol. The number of aromatic nitrogens is 3. The van der Waals surface area contributed by atoms with E-state index in [9.17, 15) is 4.79 Å². The Bertz CT molecular complexity index is 1270. The predicted molar refractivity (Wildman–Crippen MR) is 125 cm³/mol. The SMILES string of the molecule is COc1ccc([C@H](NC(=O)c2cc(-c3ccccc3)nc3c2c(C)nn3C)C2CC2)cc1. The minimum Gasteiger partial charge on any atom is -0.497 e. The lowest BCUT2D eigenvalue weighted by Crippen LogP contribution is -2.30. The molecule has 2 heterocycles. The summed E-state index contributed by atoms with van der Waals surface area (Å²) in [5.41, 5.74) is 4.94. The summed E-state index contributed by atoms with van der Waals surface area (Å²) < 4.78 is 7.04. The molecule has 162 valence electrons. The summed E-state index contributed by atoms with van der Waals surface area (Å²) in [5.74, 6) is 1.16. The molecule has 0 aliphatic heterocycles. The maximum atomic E-state index is 13.6. The number of ether oxygens (including phenoxy) is 1. The Labute approximate surface area is 187 Å². The van der Waals surface area contributed by atoms with Gasteiger partial charge >= 0.3 is 0 Å². The Morgan fingerprint density at radius 1 is 1.12 bits per heavy atom. The summed E-state index contributed by atoms with van der Waals surface area (Å²) in [6.07, 6.45) is 2.23. The number of rotatable bonds is 6. The van der Waals surface area contributed by atoms with E-state index >= 15 is 0 Å². The van der Waals surface area contributed by atoms with E-state index in [1.165, 1.54) is 0 Å². The molecule has 4 aromatic rings. The maximum absolute atomic E-state index is 13.6. The van der Waals surface area contributed by atoms with Gasteiger partial charge < -0.3 is 10.1 Å². The molecule has 0 bridgehead atoms. The summed E-state index contributed by atoms with van der Waals surface area (Å²) in [7, 11) is 3.52. The van der Waals surface area contributed by atoms with Crippen molar-refractivity contribution in [3.8, 4) is 17.0 Å². The average Bonchev–Trinajstić information content (AvgIpc) is 3.63. The fourth-order valence-corrected chi connectivity index (χ4v) is 4.31. The van der Waals surface area contributed by atoms with Gasteiger partial charge in [0.15, 0.2) is 5.65 Å². The van der Waals surface area contributed by atoms with Crippen LogP contribution in [0.15, 0.2) is 60.7 Å². The third-order valence-corrected chi connectivity index (χ3v) is 6.14. The Kier molecular flexibility index (Phi) is 5.13. The van der Waals surface area contributed by atoms with Crippen LogP contribution >= 0.6 is 0 Å². The minimum absolute atomic E-state index is 0.0335. The molecular formula is C26H26N4O2. The van der Waals surface area contributed by atoms with E-state index in [-0.39, 0.29) is 11.9 Å². The number of amides is 1. The number of pyridine rings is 1. The smallest absolute Gasteiger partial charge is 0.252 e. The Hall–Kier alpha value is -3.67. The van der Waals surface area contributed by atoms with Crippen LogP contribution in [0, 0.1) is 12.8 Å². The first kappa shape index (κ1) is 20.2. The van der Waals surface area contributed by atoms with Gasteiger partial charge in [-0.2, -0.15) is 5.10 Å². The maximum Gasteiger partial charge on any atom is 0.252 e. The molecule has 0 saturated heterocycles. The number of nitrogens with zero attached hydrogens (tertiary/aromatic N) is 3. The van der Waals surface area contributed by atoms with Crippen LogP contribution in [-0.2, 0) is 7.05 Å². The zero-order chi connectivity index (χ0) is 22.2. The summed E-state index contributed by atoms with van der Waals surface area (Å²) in [5, 5.41) is 8.64. The molecule has 1 amide bonds. The van der Waals surface area contributed by atoms with Crippen molar-refractivity contribution in [1.29, 1.82) is 0 Å². The highest BCUT2D eigenvalue weighted by Gasteiger charge is 2.34. The van der Waals surface area contributed by atoms with Crippen molar-refractivity contribution in [2.45, 2.75) is 25.8 Å². The molecule has 2 aromatic carbocycles. The Morgan fingerprint density at radius 2 is 1.84 bits per heavy atom. The minimum atomic E-state index is -0.0987. The van der Waals surface area contributed by atoms with E-state index in [1.54, 1.807) is 11.8 Å². The Morgan fingerprint density at radius 3 is 2.50 bits per heavy atom. The number of fused-ring (bicyclic) bond motifs is 1. The number of benzene rings is 2. The molecule has 5 rings (SSSR count). The van der Waals surface area contributed by atoms with Gasteiger partial charge in [0.2, 0.25) is 0 Å². The number of methoxy groups -OCH3 is 1. The molecular weight excluding hydrogens is 400 g/mol. The van der Waals surface area contributed by atoms with Gasteiger partial charge in [-0.25, -0.2) is 4.98 Å². The van der Waals surface area contributed by atoms with Gasteiger partial charge in [-0.1, -0.05) is 42.5 Å². The summed E-state index contributed by atoms with van der Waals surface area (Å²) in [6, 6.07) is 19.7. The number of hydrogen-bond acceptors (Lipinski definition) is 4. The van der Waals surface area contributed by atoms with Crippen LogP contribution in [0.2, 0.25) is 0 Å². The van der Waals surface area contributed by atoms with E-state index in [2.05, 4.69) is 10.4 Å². The zero-order valence-corrected chi connectivity index (χ0v) is 18.5. The van der Waals surface area contributed by atoms with Gasteiger partial charge in [0, 0.05) is 12.6 Å². The highest BCUT2D eigenvalue weighted by molar-refractivity contribution is 6.07. The van der Waals surface area contributed by atoms with Gasteiger partial charge in [-0.15, -0.1) is 0 Å². The second-order valence-electron chi connectivity index (χ2n) is 8.39. The lowest BCUT2D eigenvalue weighted by molar-refractivity contribution is 0.0933. The van der Waals surface area contributed by atoms with Crippen molar-refractivity contribution in [2.24, 2.45) is 13.0 Å². The van der Waals surface area contributed by atoms with Crippen molar-refractivity contribution in [2.75, 3.05) is 7.11 Å². The van der Waals surface area contributed by atoms with E-state index < -0.39 is 0 Å². The van der Waals surface area contributed by atoms with Crippen molar-refractivity contribution in [1.82, 2.24) is 20.1 Å². The van der Waals surface area contributed by atoms with Crippen molar-refractivity contribution >= 4 is 16.9 Å². The van der Waals surface area contributed by atoms with Gasteiger partial charge in [0.05, 0.1) is 35.5 Å². The van der Waals surface area contributed by atoms with Gasteiger partial charge in [0.1, 0.15) is 5.75 Å². The second-order valence-corrected chi connectivity index (χ2v) is 8.39. The molecule has 2 aromatic heterocycles. The number of carbonyl (C=O) groups excluding carboxylic acids is 1. The van der Waals surface area contributed by atoms with Crippen LogP contribution in [-0.4, -0.2) is 27.8 Å². The lowest BCUT2D eigenvalue weighted by atomic mass is 10.0. The van der Waals surface area contributed by atoms with Crippen LogP contribution in [0.5, 0.6) is 5.75 Å². The Balaban J connectivity index is 1.55. The molecule has 6 nitrogen and oxygen atoms in total. The highest BCUT2D eigenvalue weighted by Crippen LogP contribution is 2.41. The molecule has 0 radical (unpaired) electrons. The first-order valence-corrected chi connectivity index (χ1v) is 10.9. The first-order valence-electron chi connectivity index (χ1n) is 10.9. The third-order valence-electron chi connectivity index (χ3n) is 6.14. The summed E-state index contributed by atoms with van der Waals surface area (Å²) in [6.45, 7) is 1.92. The molecule has 0 unspecified atom stereocenters. The quantitative estimate of drug-likeness (QED) is 0.479. The first-order chi connectivity index (χ1) is 15.5. The van der Waals surface area contributed by atoms with Crippen LogP contribution < -0.4 is 10.1 Å². The fraction of sp³-hybridized carbons (Fsp3) is 0.269. The van der Waals surface area contributed by atoms with Crippen molar-refractivity contribution in [3.05, 3.63) is 77.5 Å². The molecule has 1 aliphatic carbocycles. The normalized spacial score (nSPS) is 14.3. The molecule has 6 heteroatoms. The molecule has 32 heavy (non-hydrogen) atoms. The molecule has 1 aliphatic rings. The predicted octanol–water partition coefficient (Wildman–Crippen LogP) is 4.83. The van der Waals surface area contributed by atoms with Crippen LogP contribution in [0.3, 0.4) is 0 Å². The summed E-state index contributed by atoms with van der Waals surface area (Å²) >= 11 is 0. The lowest BCUT2D eigenvalue weighted by Gasteiger charge is -2.20. The standard InChI is InChI=1S/C26H26N4O2/c1-16-23-21(15-22(17-7-5-4-6-8-17)27-25(23)30(2)29-16)26(31)28-24(18-9-10-18)19-11-13-20(32-3)14-12-19/h4-8,11-15,18,24H,9-10H2,1-3H3,(H,28,31)/t24-/m1/s1. The van der Waals surface area contributed by atoms with Crippen LogP contribution in [0.25, 0.3) is 22.3 Å². The largest absolute Gasteiger partial charge is 0.497 e. The number of carbonyl (C=O) groups is 1. The number of aryl methyl sites for hydroxylation is 2. The number of nitrogens with one attached hydrogen (secondary N) is 1. The molecule has 1 saturated carbocycles. The molecule has 0 spiro atoms. The van der Waals surface area contributed by atoms with Crippen molar-refractivity contribution in [3.63, 3.8) is 0 Å². The van der Waals surface area contributed by atoms with Gasteiger partial charge in [-0.05, 0) is 49.4 Å². The third kappa shape index (κ3) is 3.73. The average molecular weight is 427 g/mol. The second kappa shape index (κ2) is 8.11. The molecule has 1 atom stereocenters. The van der Waals surface area contributed by atoms with E-state index in [0.717, 1.165) is 46.5 Å². The highest BCUT2D eigenvalue weighted by atomic mass is 16.5. The van der Waals surface area contributed by atoms with Gasteiger partial charge in [0.25, 0.3) is 5.91 Å². The van der Waals surface area contributed by atoms with Crippen molar-refractivity contribution < 1.29 is 9.53 Å². The van der Waals surface area contributed by atoms with Crippen LogP contribution in [0.1, 0.15) is 40.5 Å². The van der Waals surface area contributed by atoms with Gasteiger partial charge in [-0.3, -0.25) is 9.48 Å². The van der Waals surface area contributed by atoms with E-state index in [4.69, 9.17) is 9.72 Å². The molecule has 1 fully saturated rings. The van der Waals surface area contributed by atoms with E-state index in [1.807, 2.05) is 74.6 Å². The topological polar surface area (TPSA) is 69.0 Å². The fourth-order valence-electron chi connectivity index (χ4n) is 4.31. The number of hydrogen-bond donors (Lipinski definition) is 1. The van der Waals surface area contributed by atoms with E-state index in [0.29, 0.717) is 17.1 Å². The summed E-state index contributed by atoms with van der Waals surface area (Å²) in [4.78, 5) is 18.5. The molecule has 1 N–H and O–H groups in total.